The average molecular weight is 459 g/mol. The van der Waals surface area contributed by atoms with E-state index in [9.17, 15) is 4.39 Å². The lowest BCUT2D eigenvalue weighted by Gasteiger charge is -2.23. The molecule has 0 saturated heterocycles. The van der Waals surface area contributed by atoms with Gasteiger partial charge in [-0.25, -0.2) is 4.39 Å². The number of hydrogen-bond acceptors (Lipinski definition) is 3. The normalized spacial score (nSPS) is 14.5. The van der Waals surface area contributed by atoms with Crippen molar-refractivity contribution < 1.29 is 13.9 Å². The van der Waals surface area contributed by atoms with Crippen molar-refractivity contribution in [1.82, 2.24) is 5.32 Å². The van der Waals surface area contributed by atoms with Crippen molar-refractivity contribution in [3.8, 4) is 11.5 Å². The molecule has 0 amide bonds. The van der Waals surface area contributed by atoms with E-state index in [1.54, 1.807) is 19.2 Å². The molecular weight excluding hydrogens is 433 g/mol. The Balaban J connectivity index is 0.00000261. The number of halogens is 3. The highest BCUT2D eigenvalue weighted by atomic mass is 79.9. The molecule has 0 atom stereocenters. The predicted octanol–water partition coefficient (Wildman–Crippen LogP) is 6.02. The Hall–Kier alpha value is -1.30. The number of benzene rings is 2. The summed E-state index contributed by atoms with van der Waals surface area (Å²) in [4.78, 5) is 0. The highest BCUT2D eigenvalue weighted by Crippen LogP contribution is 2.37. The molecule has 0 spiro atoms. The van der Waals surface area contributed by atoms with Crippen LogP contribution in [0.1, 0.15) is 43.2 Å². The zero-order valence-corrected chi connectivity index (χ0v) is 17.9. The van der Waals surface area contributed by atoms with Crippen LogP contribution >= 0.6 is 28.3 Å². The van der Waals surface area contributed by atoms with Crippen LogP contribution in [0.5, 0.6) is 11.5 Å². The van der Waals surface area contributed by atoms with Crippen molar-refractivity contribution in [2.75, 3.05) is 7.11 Å². The van der Waals surface area contributed by atoms with Crippen LogP contribution in [0, 0.1) is 5.82 Å². The van der Waals surface area contributed by atoms with Gasteiger partial charge in [-0.15, -0.1) is 12.4 Å². The van der Waals surface area contributed by atoms with Gasteiger partial charge in [-0.05, 0) is 64.2 Å². The summed E-state index contributed by atoms with van der Waals surface area (Å²) in [6.45, 7) is 1.17. The van der Waals surface area contributed by atoms with Crippen molar-refractivity contribution in [3.63, 3.8) is 0 Å². The van der Waals surface area contributed by atoms with Gasteiger partial charge >= 0.3 is 0 Å². The minimum absolute atomic E-state index is 0. The largest absolute Gasteiger partial charge is 0.493 e. The first kappa shape index (κ1) is 22.0. The summed E-state index contributed by atoms with van der Waals surface area (Å²) in [5.74, 6) is 1.11. The second-order valence-electron chi connectivity index (χ2n) is 6.74. The van der Waals surface area contributed by atoms with E-state index in [0.717, 1.165) is 22.1 Å². The number of methoxy groups -OCH3 is 1. The number of hydrogen-bond donors (Lipinski definition) is 1. The van der Waals surface area contributed by atoms with Gasteiger partial charge in [-0.1, -0.05) is 31.4 Å². The zero-order chi connectivity index (χ0) is 18.4. The summed E-state index contributed by atoms with van der Waals surface area (Å²) >= 11 is 3.60. The lowest BCUT2D eigenvalue weighted by Crippen LogP contribution is -2.30. The van der Waals surface area contributed by atoms with Crippen LogP contribution in [-0.4, -0.2) is 13.2 Å². The molecule has 1 aliphatic rings. The molecule has 2 aromatic carbocycles. The van der Waals surface area contributed by atoms with Gasteiger partial charge in [-0.3, -0.25) is 0 Å². The van der Waals surface area contributed by atoms with Crippen LogP contribution in [-0.2, 0) is 13.2 Å². The Morgan fingerprint density at radius 2 is 1.78 bits per heavy atom. The van der Waals surface area contributed by atoms with Crippen molar-refractivity contribution in [1.29, 1.82) is 0 Å². The fourth-order valence-corrected chi connectivity index (χ4v) is 3.92. The van der Waals surface area contributed by atoms with E-state index >= 15 is 0 Å². The van der Waals surface area contributed by atoms with Crippen LogP contribution in [0.3, 0.4) is 0 Å². The molecule has 1 saturated carbocycles. The Bertz CT molecular complexity index is 721. The predicted molar refractivity (Wildman–Crippen MR) is 112 cm³/mol. The molecule has 0 unspecified atom stereocenters. The van der Waals surface area contributed by atoms with E-state index in [-0.39, 0.29) is 18.2 Å². The van der Waals surface area contributed by atoms with Crippen LogP contribution < -0.4 is 14.8 Å². The van der Waals surface area contributed by atoms with E-state index in [2.05, 4.69) is 27.3 Å². The van der Waals surface area contributed by atoms with Crippen molar-refractivity contribution >= 4 is 28.3 Å². The van der Waals surface area contributed by atoms with Crippen LogP contribution in [0.15, 0.2) is 40.9 Å². The molecule has 1 N–H and O–H groups in total. The van der Waals surface area contributed by atoms with E-state index in [1.807, 2.05) is 6.07 Å². The molecule has 3 nitrogen and oxygen atoms in total. The Morgan fingerprint density at radius 1 is 1.07 bits per heavy atom. The lowest BCUT2D eigenvalue weighted by atomic mass is 9.95. The molecule has 0 bridgehead atoms. The summed E-state index contributed by atoms with van der Waals surface area (Å²) in [6.07, 6.45) is 6.52. The third kappa shape index (κ3) is 6.37. The molecule has 0 aromatic heterocycles. The smallest absolute Gasteiger partial charge is 0.175 e. The number of ether oxygens (including phenoxy) is 2. The second kappa shape index (κ2) is 10.9. The van der Waals surface area contributed by atoms with Gasteiger partial charge in [0.1, 0.15) is 12.4 Å². The Morgan fingerprint density at radius 3 is 2.44 bits per heavy atom. The first-order valence-electron chi connectivity index (χ1n) is 9.13. The molecule has 0 radical (unpaired) electrons. The van der Waals surface area contributed by atoms with Gasteiger partial charge in [0.15, 0.2) is 11.5 Å². The molecule has 0 aliphatic heterocycles. The molecule has 3 rings (SSSR count). The third-order valence-electron chi connectivity index (χ3n) is 4.79. The van der Waals surface area contributed by atoms with Crippen molar-refractivity contribution in [2.45, 2.75) is 51.3 Å². The van der Waals surface area contributed by atoms with E-state index < -0.39 is 0 Å². The third-order valence-corrected chi connectivity index (χ3v) is 5.37. The maximum absolute atomic E-state index is 13.0. The van der Waals surface area contributed by atoms with Gasteiger partial charge in [0.25, 0.3) is 0 Å². The summed E-state index contributed by atoms with van der Waals surface area (Å²) in [5.41, 5.74) is 2.07. The number of rotatable bonds is 7. The second-order valence-corrected chi connectivity index (χ2v) is 7.59. The SMILES string of the molecule is COc1cc(CNC2CCCCC2)cc(Br)c1OCc1ccc(F)cc1.Cl. The summed E-state index contributed by atoms with van der Waals surface area (Å²) < 4.78 is 25.3. The highest BCUT2D eigenvalue weighted by Gasteiger charge is 2.15. The van der Waals surface area contributed by atoms with Crippen LogP contribution in [0.4, 0.5) is 4.39 Å². The van der Waals surface area contributed by atoms with Crippen LogP contribution in [0.2, 0.25) is 0 Å². The first-order valence-corrected chi connectivity index (χ1v) is 9.92. The monoisotopic (exact) mass is 457 g/mol. The van der Waals surface area contributed by atoms with E-state index in [0.29, 0.717) is 24.1 Å². The van der Waals surface area contributed by atoms with Gasteiger partial charge in [0.05, 0.1) is 11.6 Å². The van der Waals surface area contributed by atoms with Gasteiger partial charge in [0.2, 0.25) is 0 Å². The van der Waals surface area contributed by atoms with Crippen molar-refractivity contribution in [2.24, 2.45) is 0 Å². The molecule has 0 heterocycles. The molecule has 2 aromatic rings. The topological polar surface area (TPSA) is 30.5 Å². The fraction of sp³-hybridized carbons (Fsp3) is 0.429. The maximum atomic E-state index is 13.0. The fourth-order valence-electron chi connectivity index (χ4n) is 3.32. The van der Waals surface area contributed by atoms with Gasteiger partial charge < -0.3 is 14.8 Å². The average Bonchev–Trinajstić information content (AvgIpc) is 2.67. The molecule has 148 valence electrons. The van der Waals surface area contributed by atoms with Gasteiger partial charge in [0, 0.05) is 12.6 Å². The lowest BCUT2D eigenvalue weighted by molar-refractivity contribution is 0.282. The first-order chi connectivity index (χ1) is 12.7. The highest BCUT2D eigenvalue weighted by molar-refractivity contribution is 9.10. The zero-order valence-electron chi connectivity index (χ0n) is 15.5. The molecule has 1 aliphatic carbocycles. The summed E-state index contributed by atoms with van der Waals surface area (Å²) in [5, 5.41) is 3.65. The number of nitrogens with one attached hydrogen (secondary N) is 1. The Kier molecular flexibility index (Phi) is 8.87. The van der Waals surface area contributed by atoms with Crippen LogP contribution in [0.25, 0.3) is 0 Å². The van der Waals surface area contributed by atoms with Gasteiger partial charge in [-0.2, -0.15) is 0 Å². The van der Waals surface area contributed by atoms with E-state index in [1.165, 1.54) is 44.2 Å². The standard InChI is InChI=1S/C21H25BrFNO2.ClH/c1-25-20-12-16(13-24-18-5-3-2-4-6-18)11-19(22)21(20)26-14-15-7-9-17(23)10-8-15;/h7-12,18,24H,2-6,13-14H2,1H3;1H. The minimum atomic E-state index is -0.248. The molecule has 27 heavy (non-hydrogen) atoms. The summed E-state index contributed by atoms with van der Waals surface area (Å²) in [6, 6.07) is 11.0. The quantitative estimate of drug-likeness (QED) is 0.550. The Labute approximate surface area is 175 Å². The summed E-state index contributed by atoms with van der Waals surface area (Å²) in [7, 11) is 1.64. The minimum Gasteiger partial charge on any atom is -0.493 e. The maximum Gasteiger partial charge on any atom is 0.175 e. The van der Waals surface area contributed by atoms with E-state index in [4.69, 9.17) is 9.47 Å². The van der Waals surface area contributed by atoms with Crippen molar-refractivity contribution in [3.05, 3.63) is 57.8 Å². The molecular formula is C21H26BrClFNO2. The molecule has 1 fully saturated rings. The molecule has 6 heteroatoms.